The molecule has 1 aliphatic heterocycles. The number of ether oxygens (including phenoxy) is 2. The maximum atomic E-state index is 13.8. The summed E-state index contributed by atoms with van der Waals surface area (Å²) in [6.45, 7) is 11.6. The van der Waals surface area contributed by atoms with Crippen LogP contribution in [0.3, 0.4) is 0 Å². The van der Waals surface area contributed by atoms with Crippen LogP contribution >= 0.6 is 0 Å². The van der Waals surface area contributed by atoms with Gasteiger partial charge in [-0.05, 0) is 43.9 Å². The molecule has 7 nitrogen and oxygen atoms in total. The number of amides is 1. The highest BCUT2D eigenvalue weighted by Gasteiger charge is 2.59. The number of aliphatic hydroxyl groups excluding tert-OH is 3. The quantitative estimate of drug-likeness (QED) is 0.191. The van der Waals surface area contributed by atoms with Crippen LogP contribution in [-0.2, 0) is 9.47 Å². The van der Waals surface area contributed by atoms with Crippen LogP contribution < -0.4 is 0 Å². The van der Waals surface area contributed by atoms with Crippen molar-refractivity contribution in [1.29, 1.82) is 0 Å². The molecule has 3 N–H and O–H groups in total. The van der Waals surface area contributed by atoms with Gasteiger partial charge in [-0.2, -0.15) is 9.28 Å². The number of hydrogen-bond acceptors (Lipinski definition) is 6. The third kappa shape index (κ3) is 8.89. The fourth-order valence-corrected chi connectivity index (χ4v) is 6.57. The molecule has 1 heterocycles. The van der Waals surface area contributed by atoms with Crippen molar-refractivity contribution >= 4 is 6.09 Å². The van der Waals surface area contributed by atoms with Gasteiger partial charge < -0.3 is 24.8 Å². The molecule has 1 saturated heterocycles. The monoisotopic (exact) mass is 528 g/mol. The molecule has 1 amide bonds. The first-order valence-corrected chi connectivity index (χ1v) is 15.3. The third-order valence-corrected chi connectivity index (χ3v) is 8.99. The predicted molar refractivity (Wildman–Crippen MR) is 147 cm³/mol. The van der Waals surface area contributed by atoms with Gasteiger partial charge >= 0.3 is 6.09 Å². The normalized spacial score (nSPS) is 30.6. The molecule has 0 radical (unpaired) electrons. The average Bonchev–Trinajstić information content (AvgIpc) is 2.86. The van der Waals surface area contributed by atoms with Crippen molar-refractivity contribution < 1.29 is 34.1 Å². The van der Waals surface area contributed by atoms with Crippen molar-refractivity contribution in [3.8, 4) is 0 Å². The maximum absolute atomic E-state index is 13.8. The zero-order chi connectivity index (χ0) is 27.5. The van der Waals surface area contributed by atoms with Gasteiger partial charge in [0.05, 0.1) is 19.8 Å². The smallest absolute Gasteiger partial charge is 0.420 e. The number of rotatable bonds is 14. The van der Waals surface area contributed by atoms with E-state index in [1.165, 1.54) is 44.9 Å². The summed E-state index contributed by atoms with van der Waals surface area (Å²) in [6, 6.07) is -0.0432. The number of nitrogens with zero attached hydrogens (tertiary/aromatic N) is 1. The minimum absolute atomic E-state index is 0.0432. The second kappa shape index (κ2) is 15.8. The fourth-order valence-electron chi connectivity index (χ4n) is 6.57. The summed E-state index contributed by atoms with van der Waals surface area (Å²) >= 11 is 0. The van der Waals surface area contributed by atoms with E-state index in [2.05, 4.69) is 27.7 Å². The van der Waals surface area contributed by atoms with E-state index in [0.29, 0.717) is 12.5 Å². The number of aliphatic hydroxyl groups is 3. The molecular weight excluding hydrogens is 470 g/mol. The number of carbonyl (C=O) groups is 1. The molecule has 2 rings (SSSR count). The first-order valence-electron chi connectivity index (χ1n) is 15.3. The van der Waals surface area contributed by atoms with E-state index >= 15 is 0 Å². The average molecular weight is 529 g/mol. The highest BCUT2D eigenvalue weighted by molar-refractivity contribution is 5.60. The van der Waals surface area contributed by atoms with Gasteiger partial charge in [0, 0.05) is 12.8 Å². The lowest BCUT2D eigenvalue weighted by atomic mass is 9.70. The van der Waals surface area contributed by atoms with Crippen LogP contribution in [0.4, 0.5) is 4.79 Å². The van der Waals surface area contributed by atoms with Crippen LogP contribution in [0.25, 0.3) is 0 Å². The Morgan fingerprint density at radius 1 is 0.838 bits per heavy atom. The number of hydrogen-bond donors (Lipinski definition) is 3. The van der Waals surface area contributed by atoms with Crippen molar-refractivity contribution in [2.45, 2.75) is 155 Å². The molecule has 7 heteroatoms. The van der Waals surface area contributed by atoms with Gasteiger partial charge in [0.15, 0.2) is 6.10 Å². The Morgan fingerprint density at radius 3 is 1.89 bits per heavy atom. The molecule has 2 unspecified atom stereocenters. The van der Waals surface area contributed by atoms with Crippen LogP contribution in [0.2, 0.25) is 0 Å². The van der Waals surface area contributed by atoms with Gasteiger partial charge in [-0.1, -0.05) is 79.1 Å². The number of unbranched alkanes of at least 4 members (excludes halogenated alkanes) is 9. The molecule has 0 aromatic rings. The molecule has 37 heavy (non-hydrogen) atoms. The summed E-state index contributed by atoms with van der Waals surface area (Å²) < 4.78 is 11.6. The maximum Gasteiger partial charge on any atom is 0.518 e. The standard InChI is InChI=1S/C30H58NO6/c1-6-8-9-10-11-12-13-14-15-16-21-31(29(35)36-7-2,28-27(34)26(33)25(32)22-37-28)24-19-17-23(18-20-24)30(3,4)5/h23-28,32-34H,6-22H2,1-5H3/q+1/t23?,24?,25-,26-,27-,28?,31?/m1/s1. The topological polar surface area (TPSA) is 96.2 Å². The molecular formula is C30H58NO6+. The molecule has 0 spiro atoms. The predicted octanol–water partition coefficient (Wildman–Crippen LogP) is 5.92. The number of quaternary nitrogens is 1. The highest BCUT2D eigenvalue weighted by Crippen LogP contribution is 2.43. The Kier molecular flexibility index (Phi) is 13.8. The zero-order valence-corrected chi connectivity index (χ0v) is 24.5. The van der Waals surface area contributed by atoms with E-state index in [1.54, 1.807) is 6.92 Å². The Morgan fingerprint density at radius 2 is 1.38 bits per heavy atom. The summed E-state index contributed by atoms with van der Waals surface area (Å²) in [5.41, 5.74) is 0.211. The fraction of sp³-hybridized carbons (Fsp3) is 0.967. The second-order valence-electron chi connectivity index (χ2n) is 12.7. The zero-order valence-electron chi connectivity index (χ0n) is 24.5. The Bertz CT molecular complexity index is 644. The molecule has 218 valence electrons. The Balaban J connectivity index is 2.15. The summed E-state index contributed by atoms with van der Waals surface area (Å²) in [5, 5.41) is 31.7. The van der Waals surface area contributed by atoms with E-state index in [9.17, 15) is 20.1 Å². The van der Waals surface area contributed by atoms with Gasteiger partial charge in [0.25, 0.3) is 0 Å². The highest BCUT2D eigenvalue weighted by atomic mass is 16.6. The van der Waals surface area contributed by atoms with Crippen molar-refractivity contribution in [2.75, 3.05) is 19.8 Å². The van der Waals surface area contributed by atoms with Crippen molar-refractivity contribution in [3.05, 3.63) is 0 Å². The van der Waals surface area contributed by atoms with E-state index in [1.807, 2.05) is 0 Å². The summed E-state index contributed by atoms with van der Waals surface area (Å²) in [6.07, 6.45) is 10.5. The molecule has 0 bridgehead atoms. The lowest BCUT2D eigenvalue weighted by Crippen LogP contribution is -2.73. The lowest BCUT2D eigenvalue weighted by molar-refractivity contribution is -0.936. The summed E-state index contributed by atoms with van der Waals surface area (Å²) in [5.74, 6) is 0.579. The minimum atomic E-state index is -1.35. The molecule has 2 aliphatic rings. The minimum Gasteiger partial charge on any atom is -0.420 e. The molecule has 0 aromatic carbocycles. The van der Waals surface area contributed by atoms with Crippen LogP contribution in [0, 0.1) is 11.3 Å². The van der Waals surface area contributed by atoms with Gasteiger partial charge in [0.2, 0.25) is 6.23 Å². The molecule has 1 saturated carbocycles. The lowest BCUT2D eigenvalue weighted by Gasteiger charge is -2.51. The SMILES string of the molecule is CCCCCCCCCCCC[N+](C(=O)OCC)(C1CCC(C(C)(C)C)CC1)C1OC[C@@H](O)[C@@H](O)[C@H]1O. The molecule has 1 aliphatic carbocycles. The first-order chi connectivity index (χ1) is 17.6. The van der Waals surface area contributed by atoms with Crippen LogP contribution in [-0.4, -0.2) is 76.2 Å². The van der Waals surface area contributed by atoms with Crippen molar-refractivity contribution in [2.24, 2.45) is 11.3 Å². The second-order valence-corrected chi connectivity index (χ2v) is 12.7. The van der Waals surface area contributed by atoms with Crippen molar-refractivity contribution in [3.63, 3.8) is 0 Å². The van der Waals surface area contributed by atoms with Gasteiger partial charge in [-0.25, -0.2) is 0 Å². The molecule has 2 fully saturated rings. The molecule has 5 atom stereocenters. The van der Waals surface area contributed by atoms with Gasteiger partial charge in [-0.3, -0.25) is 0 Å². The van der Waals surface area contributed by atoms with E-state index in [4.69, 9.17) is 9.47 Å². The Labute approximate surface area is 226 Å². The van der Waals surface area contributed by atoms with Crippen LogP contribution in [0.5, 0.6) is 0 Å². The summed E-state index contributed by atoms with van der Waals surface area (Å²) in [4.78, 5) is 13.8. The van der Waals surface area contributed by atoms with Crippen LogP contribution in [0.15, 0.2) is 0 Å². The first kappa shape index (κ1) is 32.5. The number of carbonyl (C=O) groups excluding carboxylic acids is 1. The van der Waals surface area contributed by atoms with Gasteiger partial charge in [-0.15, -0.1) is 0 Å². The third-order valence-electron chi connectivity index (χ3n) is 8.99. The molecule has 0 aromatic heterocycles. The van der Waals surface area contributed by atoms with Gasteiger partial charge in [0.1, 0.15) is 18.2 Å². The van der Waals surface area contributed by atoms with E-state index < -0.39 is 24.5 Å². The van der Waals surface area contributed by atoms with E-state index in [-0.39, 0.29) is 35.2 Å². The largest absolute Gasteiger partial charge is 0.518 e. The summed E-state index contributed by atoms with van der Waals surface area (Å²) in [7, 11) is 0. The Hall–Kier alpha value is -0.730. The van der Waals surface area contributed by atoms with E-state index in [0.717, 1.165) is 44.9 Å². The van der Waals surface area contributed by atoms with Crippen LogP contribution in [0.1, 0.15) is 125 Å². The van der Waals surface area contributed by atoms with Crippen molar-refractivity contribution in [1.82, 2.24) is 0 Å².